The molecule has 1 atom stereocenters. The van der Waals surface area contributed by atoms with E-state index in [4.69, 9.17) is 4.74 Å². The van der Waals surface area contributed by atoms with Crippen molar-refractivity contribution in [3.8, 4) is 0 Å². The Hall–Kier alpha value is -0.174. The molecule has 1 aromatic rings. The minimum absolute atomic E-state index is 0. The zero-order chi connectivity index (χ0) is 11.1. The van der Waals surface area contributed by atoms with E-state index < -0.39 is 11.0 Å². The third-order valence-electron chi connectivity index (χ3n) is 1.78. The van der Waals surface area contributed by atoms with Crippen molar-refractivity contribution in [2.24, 2.45) is 0 Å². The van der Waals surface area contributed by atoms with Crippen LogP contribution in [0, 0.1) is 10.4 Å². The summed E-state index contributed by atoms with van der Waals surface area (Å²) >= 11 is 0. The molecular formula is C11H12KNO3. The van der Waals surface area contributed by atoms with Gasteiger partial charge in [-0.15, -0.1) is 6.58 Å². The number of nitrogens with zero attached hydrogens (tertiary/aromatic N) is 1. The molecule has 0 amide bonds. The Balaban J connectivity index is 0.00000225. The summed E-state index contributed by atoms with van der Waals surface area (Å²) in [6.45, 7) is 3.78. The smallest absolute Gasteiger partial charge is 0.612 e. The average Bonchev–Trinajstić information content (AvgIpc) is 2.25. The minimum Gasteiger partial charge on any atom is -0.612 e. The second-order valence-electron chi connectivity index (χ2n) is 2.89. The molecule has 0 spiro atoms. The zero-order valence-electron chi connectivity index (χ0n) is 9.20. The maximum absolute atomic E-state index is 10.4. The van der Waals surface area contributed by atoms with Crippen molar-refractivity contribution < 1.29 is 61.0 Å². The predicted molar refractivity (Wildman–Crippen MR) is 58.4 cm³/mol. The minimum atomic E-state index is -0.626. The van der Waals surface area contributed by atoms with Crippen LogP contribution in [0.1, 0.15) is 11.7 Å². The molecule has 0 fully saturated rings. The van der Waals surface area contributed by atoms with Crippen molar-refractivity contribution in [1.29, 1.82) is 0 Å². The summed E-state index contributed by atoms with van der Waals surface area (Å²) in [6.07, 6.45) is 1.86. The molecule has 0 bridgehead atoms. The van der Waals surface area contributed by atoms with E-state index in [1.807, 2.05) is 18.2 Å². The van der Waals surface area contributed by atoms with Crippen molar-refractivity contribution in [2.45, 2.75) is 6.10 Å². The summed E-state index contributed by atoms with van der Waals surface area (Å²) in [7, 11) is 0. The normalized spacial score (nSPS) is 11.0. The number of hydrogen-bond acceptors (Lipinski definition) is 3. The molecule has 16 heavy (non-hydrogen) atoms. The van der Waals surface area contributed by atoms with Gasteiger partial charge in [-0.3, -0.25) is 0 Å². The Morgan fingerprint density at radius 1 is 1.31 bits per heavy atom. The molecule has 0 aliphatic rings. The first-order chi connectivity index (χ1) is 7.24. The van der Waals surface area contributed by atoms with Gasteiger partial charge in [-0.25, -0.2) is 0 Å². The van der Waals surface area contributed by atoms with Crippen LogP contribution in [-0.4, -0.2) is 17.7 Å². The van der Waals surface area contributed by atoms with Crippen LogP contribution in [0.15, 0.2) is 43.0 Å². The quantitative estimate of drug-likeness (QED) is 0.220. The molecule has 0 N–H and O–H groups in total. The Bertz CT molecular complexity index is 336. The fourth-order valence-electron chi connectivity index (χ4n) is 1.15. The van der Waals surface area contributed by atoms with Crippen LogP contribution < -0.4 is 51.4 Å². The van der Waals surface area contributed by atoms with Gasteiger partial charge in [0.2, 0.25) is 0 Å². The SMILES string of the molecule is C=CCOC(C=[N+]([O-])[O-])c1ccccc1.[K+]. The van der Waals surface area contributed by atoms with E-state index in [1.165, 1.54) is 0 Å². The maximum atomic E-state index is 10.4. The molecule has 1 aromatic carbocycles. The zero-order valence-corrected chi connectivity index (χ0v) is 12.3. The van der Waals surface area contributed by atoms with Gasteiger partial charge in [0.15, 0.2) is 12.3 Å². The number of hydrogen-bond donors (Lipinski definition) is 0. The second kappa shape index (κ2) is 8.92. The third-order valence-corrected chi connectivity index (χ3v) is 1.78. The van der Waals surface area contributed by atoms with E-state index in [1.54, 1.807) is 18.2 Å². The van der Waals surface area contributed by atoms with Crippen LogP contribution in [0.5, 0.6) is 0 Å². The van der Waals surface area contributed by atoms with E-state index in [9.17, 15) is 10.4 Å². The number of benzene rings is 1. The van der Waals surface area contributed by atoms with Crippen LogP contribution in [0.4, 0.5) is 0 Å². The van der Waals surface area contributed by atoms with Crippen LogP contribution in [-0.2, 0) is 4.74 Å². The second-order valence-corrected chi connectivity index (χ2v) is 2.89. The van der Waals surface area contributed by atoms with Crippen LogP contribution in [0.2, 0.25) is 0 Å². The molecule has 0 aromatic heterocycles. The summed E-state index contributed by atoms with van der Waals surface area (Å²) in [5.41, 5.74) is 0.760. The van der Waals surface area contributed by atoms with Gasteiger partial charge in [-0.05, 0) is 5.56 Å². The van der Waals surface area contributed by atoms with E-state index in [0.717, 1.165) is 11.8 Å². The molecule has 0 saturated heterocycles. The van der Waals surface area contributed by atoms with E-state index >= 15 is 0 Å². The monoisotopic (exact) mass is 245 g/mol. The van der Waals surface area contributed by atoms with Crippen LogP contribution in [0.25, 0.3) is 0 Å². The first-order valence-corrected chi connectivity index (χ1v) is 4.50. The Morgan fingerprint density at radius 2 is 1.94 bits per heavy atom. The van der Waals surface area contributed by atoms with Crippen LogP contribution >= 0.6 is 0 Å². The molecule has 0 saturated carbocycles. The molecule has 0 heterocycles. The van der Waals surface area contributed by atoms with Gasteiger partial charge in [-0.1, -0.05) is 36.4 Å². The van der Waals surface area contributed by atoms with Gasteiger partial charge in [-0.2, -0.15) is 4.90 Å². The standard InChI is InChI=1S/C11H12NO3.K/c1-2-8-15-11(9-12(13)14)10-6-4-3-5-7-10;/h2-7,9,11H,1,8H2;/q-1;+1. The van der Waals surface area contributed by atoms with Crippen molar-refractivity contribution in [3.05, 3.63) is 59.0 Å². The molecule has 0 radical (unpaired) electrons. The summed E-state index contributed by atoms with van der Waals surface area (Å²) in [5, 5.41) is 20.8. The maximum Gasteiger partial charge on any atom is 1.00 e. The molecule has 4 nitrogen and oxygen atoms in total. The van der Waals surface area contributed by atoms with Gasteiger partial charge >= 0.3 is 51.4 Å². The van der Waals surface area contributed by atoms with Gasteiger partial charge < -0.3 is 15.2 Å². The van der Waals surface area contributed by atoms with E-state index in [0.29, 0.717) is 0 Å². The van der Waals surface area contributed by atoms with Crippen molar-refractivity contribution in [3.63, 3.8) is 0 Å². The van der Waals surface area contributed by atoms with Crippen LogP contribution in [0.3, 0.4) is 0 Å². The average molecular weight is 245 g/mol. The largest absolute Gasteiger partial charge is 1.00 e. The first-order valence-electron chi connectivity index (χ1n) is 4.50. The van der Waals surface area contributed by atoms with Crippen molar-refractivity contribution >= 4 is 6.21 Å². The predicted octanol–water partition coefficient (Wildman–Crippen LogP) is -0.987. The van der Waals surface area contributed by atoms with Gasteiger partial charge in [0, 0.05) is 0 Å². The summed E-state index contributed by atoms with van der Waals surface area (Å²) in [5.74, 6) is 0. The molecule has 1 rings (SSSR count). The van der Waals surface area contributed by atoms with Crippen molar-refractivity contribution in [2.75, 3.05) is 6.61 Å². The molecule has 0 aliphatic heterocycles. The van der Waals surface area contributed by atoms with Gasteiger partial charge in [0.05, 0.1) is 6.61 Å². The Morgan fingerprint density at radius 3 is 2.44 bits per heavy atom. The number of ether oxygens (including phenoxy) is 1. The fourth-order valence-corrected chi connectivity index (χ4v) is 1.15. The molecule has 5 heteroatoms. The Labute approximate surface area is 137 Å². The number of rotatable bonds is 5. The van der Waals surface area contributed by atoms with E-state index in [-0.39, 0.29) is 58.0 Å². The van der Waals surface area contributed by atoms with E-state index in [2.05, 4.69) is 6.58 Å². The summed E-state index contributed by atoms with van der Waals surface area (Å²) in [4.78, 5) is -0.499. The molecule has 1 unspecified atom stereocenters. The summed E-state index contributed by atoms with van der Waals surface area (Å²) in [6, 6.07) is 9.04. The molecular weight excluding hydrogens is 233 g/mol. The van der Waals surface area contributed by atoms with Gasteiger partial charge in [0.25, 0.3) is 0 Å². The first kappa shape index (κ1) is 15.8. The summed E-state index contributed by atoms with van der Waals surface area (Å²) < 4.78 is 5.27. The van der Waals surface area contributed by atoms with Gasteiger partial charge in [0.1, 0.15) is 0 Å². The Kier molecular flexibility index (Phi) is 8.82. The third kappa shape index (κ3) is 5.79. The topological polar surface area (TPSA) is 58.4 Å². The fraction of sp³-hybridized carbons (Fsp3) is 0.182. The molecule has 0 aliphatic carbocycles. The molecule has 80 valence electrons. The van der Waals surface area contributed by atoms with Crippen molar-refractivity contribution in [1.82, 2.24) is 0 Å².